The van der Waals surface area contributed by atoms with Gasteiger partial charge >= 0.3 is 0 Å². The van der Waals surface area contributed by atoms with Crippen LogP contribution in [0.4, 0.5) is 5.69 Å². The Kier molecular flexibility index (Phi) is 2.67. The quantitative estimate of drug-likeness (QED) is 0.683. The first-order valence-electron chi connectivity index (χ1n) is 6.20. The maximum absolute atomic E-state index is 5.93. The van der Waals surface area contributed by atoms with Gasteiger partial charge in [-0.1, -0.05) is 29.8 Å². The van der Waals surface area contributed by atoms with Crippen LogP contribution in [0, 0.1) is 6.92 Å². The Labute approximate surface area is 112 Å². The van der Waals surface area contributed by atoms with Crippen LogP contribution < -0.4 is 10.5 Å². The van der Waals surface area contributed by atoms with Crippen LogP contribution in [0.5, 0.6) is 5.75 Å². The molecule has 0 bridgehead atoms. The van der Waals surface area contributed by atoms with Crippen LogP contribution in [0.25, 0.3) is 22.2 Å². The molecule has 3 heteroatoms. The molecule has 1 aromatic heterocycles. The number of nitrogen functional groups attached to an aromatic ring is 1. The molecule has 0 unspecified atom stereocenters. The molecular weight excluding hydrogens is 236 g/mol. The molecular formula is C16H16N2O. The normalized spacial score (nSPS) is 10.8. The van der Waals surface area contributed by atoms with E-state index in [0.717, 1.165) is 16.6 Å². The average molecular weight is 252 g/mol. The van der Waals surface area contributed by atoms with Crippen molar-refractivity contribution in [3.8, 4) is 17.0 Å². The molecule has 0 saturated heterocycles. The number of anilines is 1. The van der Waals surface area contributed by atoms with Crippen molar-refractivity contribution in [2.75, 3.05) is 12.8 Å². The minimum atomic E-state index is 0.657. The Hall–Kier alpha value is -2.42. The van der Waals surface area contributed by atoms with Gasteiger partial charge in [-0.15, -0.1) is 0 Å². The van der Waals surface area contributed by atoms with Gasteiger partial charge in [0.25, 0.3) is 0 Å². The summed E-state index contributed by atoms with van der Waals surface area (Å²) in [4.78, 5) is 3.40. The van der Waals surface area contributed by atoms with E-state index in [1.165, 1.54) is 11.1 Å². The zero-order valence-corrected chi connectivity index (χ0v) is 11.0. The summed E-state index contributed by atoms with van der Waals surface area (Å²) in [5.41, 5.74) is 11.1. The fraction of sp³-hybridized carbons (Fsp3) is 0.125. The Morgan fingerprint density at radius 3 is 2.47 bits per heavy atom. The number of ether oxygens (including phenoxy) is 1. The number of nitrogens with two attached hydrogens (primary N) is 1. The Bertz CT molecular complexity index is 726. The number of rotatable bonds is 2. The molecule has 0 radical (unpaired) electrons. The number of aromatic amines is 1. The van der Waals surface area contributed by atoms with Gasteiger partial charge in [0, 0.05) is 22.7 Å². The third-order valence-electron chi connectivity index (χ3n) is 3.33. The highest BCUT2D eigenvalue weighted by molar-refractivity contribution is 5.90. The van der Waals surface area contributed by atoms with Gasteiger partial charge in [-0.25, -0.2) is 0 Å². The summed E-state index contributed by atoms with van der Waals surface area (Å²) in [6.07, 6.45) is 0. The van der Waals surface area contributed by atoms with Crippen LogP contribution in [-0.2, 0) is 0 Å². The lowest BCUT2D eigenvalue weighted by molar-refractivity contribution is 0.417. The van der Waals surface area contributed by atoms with E-state index >= 15 is 0 Å². The summed E-state index contributed by atoms with van der Waals surface area (Å²) in [5, 5.41) is 1.09. The maximum Gasteiger partial charge on any atom is 0.143 e. The number of nitrogens with one attached hydrogen (secondary N) is 1. The molecule has 0 saturated carbocycles. The van der Waals surface area contributed by atoms with Gasteiger partial charge in [0.05, 0.1) is 12.8 Å². The summed E-state index contributed by atoms with van der Waals surface area (Å²) in [7, 11) is 1.63. The van der Waals surface area contributed by atoms with Gasteiger partial charge < -0.3 is 15.5 Å². The first-order valence-corrected chi connectivity index (χ1v) is 6.20. The minimum absolute atomic E-state index is 0.657. The van der Waals surface area contributed by atoms with E-state index in [2.05, 4.69) is 42.2 Å². The number of benzene rings is 2. The SMILES string of the molecule is COc1cc2[nH]c(-c3ccc(C)cc3)cc2cc1N. The number of methoxy groups -OCH3 is 1. The largest absolute Gasteiger partial charge is 0.495 e. The van der Waals surface area contributed by atoms with Crippen molar-refractivity contribution in [1.82, 2.24) is 4.98 Å². The van der Waals surface area contributed by atoms with E-state index in [-0.39, 0.29) is 0 Å². The molecule has 0 aliphatic rings. The molecule has 3 rings (SSSR count). The number of H-pyrrole nitrogens is 1. The Morgan fingerprint density at radius 2 is 1.79 bits per heavy atom. The van der Waals surface area contributed by atoms with Crippen molar-refractivity contribution in [3.05, 3.63) is 48.0 Å². The van der Waals surface area contributed by atoms with Crippen LogP contribution in [0.1, 0.15) is 5.56 Å². The molecule has 0 atom stereocenters. The third kappa shape index (κ3) is 2.03. The molecule has 19 heavy (non-hydrogen) atoms. The van der Waals surface area contributed by atoms with Crippen molar-refractivity contribution in [3.63, 3.8) is 0 Å². The molecule has 0 aliphatic heterocycles. The summed E-state index contributed by atoms with van der Waals surface area (Å²) >= 11 is 0. The molecule has 0 aliphatic carbocycles. The molecule has 0 spiro atoms. The lowest BCUT2D eigenvalue weighted by atomic mass is 10.1. The van der Waals surface area contributed by atoms with Crippen LogP contribution in [0.2, 0.25) is 0 Å². The molecule has 1 heterocycles. The standard InChI is InChI=1S/C16H16N2O/c1-10-3-5-11(6-4-10)14-8-12-7-13(17)16(19-2)9-15(12)18-14/h3-9,18H,17H2,1-2H3. The van der Waals surface area contributed by atoms with Crippen molar-refractivity contribution < 1.29 is 4.74 Å². The topological polar surface area (TPSA) is 51.0 Å². The maximum atomic E-state index is 5.93. The molecule has 3 N–H and O–H groups in total. The molecule has 3 nitrogen and oxygen atoms in total. The second-order valence-corrected chi connectivity index (χ2v) is 4.73. The van der Waals surface area contributed by atoms with E-state index in [1.54, 1.807) is 7.11 Å². The monoisotopic (exact) mass is 252 g/mol. The number of aromatic nitrogens is 1. The van der Waals surface area contributed by atoms with Gasteiger partial charge in [-0.2, -0.15) is 0 Å². The van der Waals surface area contributed by atoms with Crippen LogP contribution in [0.15, 0.2) is 42.5 Å². The lowest BCUT2D eigenvalue weighted by Gasteiger charge is -2.03. The highest BCUT2D eigenvalue weighted by Crippen LogP contribution is 2.31. The van der Waals surface area contributed by atoms with E-state index in [4.69, 9.17) is 10.5 Å². The Balaban J connectivity index is 2.13. The molecule has 2 aromatic carbocycles. The summed E-state index contributed by atoms with van der Waals surface area (Å²) in [6, 6.07) is 14.4. The van der Waals surface area contributed by atoms with Crippen molar-refractivity contribution in [1.29, 1.82) is 0 Å². The van der Waals surface area contributed by atoms with Gasteiger partial charge in [0.1, 0.15) is 5.75 Å². The van der Waals surface area contributed by atoms with Gasteiger partial charge in [-0.05, 0) is 24.6 Å². The smallest absolute Gasteiger partial charge is 0.143 e. The molecule has 3 aromatic rings. The van der Waals surface area contributed by atoms with Gasteiger partial charge in [0.15, 0.2) is 0 Å². The number of hydrogen-bond acceptors (Lipinski definition) is 2. The molecule has 0 amide bonds. The second-order valence-electron chi connectivity index (χ2n) is 4.73. The van der Waals surface area contributed by atoms with Crippen LogP contribution >= 0.6 is 0 Å². The fourth-order valence-electron chi connectivity index (χ4n) is 2.24. The van der Waals surface area contributed by atoms with Gasteiger partial charge in [-0.3, -0.25) is 0 Å². The molecule has 0 fully saturated rings. The zero-order valence-electron chi connectivity index (χ0n) is 11.0. The van der Waals surface area contributed by atoms with Gasteiger partial charge in [0.2, 0.25) is 0 Å². The highest BCUT2D eigenvalue weighted by atomic mass is 16.5. The fourth-order valence-corrected chi connectivity index (χ4v) is 2.24. The summed E-state index contributed by atoms with van der Waals surface area (Å²) in [6.45, 7) is 2.08. The predicted octanol–water partition coefficient (Wildman–Crippen LogP) is 3.73. The summed E-state index contributed by atoms with van der Waals surface area (Å²) < 4.78 is 5.24. The first kappa shape index (κ1) is 11.7. The lowest BCUT2D eigenvalue weighted by Crippen LogP contribution is -1.91. The van der Waals surface area contributed by atoms with Crippen molar-refractivity contribution in [2.45, 2.75) is 6.92 Å². The van der Waals surface area contributed by atoms with E-state index in [9.17, 15) is 0 Å². The number of fused-ring (bicyclic) bond motifs is 1. The van der Waals surface area contributed by atoms with Crippen molar-refractivity contribution in [2.24, 2.45) is 0 Å². The number of aryl methyl sites for hydroxylation is 1. The molecule has 96 valence electrons. The number of hydrogen-bond donors (Lipinski definition) is 2. The first-order chi connectivity index (χ1) is 9.17. The summed E-state index contributed by atoms with van der Waals surface area (Å²) in [5.74, 6) is 0.699. The van der Waals surface area contributed by atoms with E-state index in [0.29, 0.717) is 11.4 Å². The van der Waals surface area contributed by atoms with Crippen molar-refractivity contribution >= 4 is 16.6 Å². The minimum Gasteiger partial charge on any atom is -0.495 e. The average Bonchev–Trinajstić information content (AvgIpc) is 2.81. The van der Waals surface area contributed by atoms with Crippen LogP contribution in [-0.4, -0.2) is 12.1 Å². The van der Waals surface area contributed by atoms with E-state index < -0.39 is 0 Å². The second kappa shape index (κ2) is 4.35. The zero-order chi connectivity index (χ0) is 13.4. The highest BCUT2D eigenvalue weighted by Gasteiger charge is 2.07. The van der Waals surface area contributed by atoms with E-state index in [1.807, 2.05) is 12.1 Å². The van der Waals surface area contributed by atoms with Crippen LogP contribution in [0.3, 0.4) is 0 Å². The predicted molar refractivity (Wildman–Crippen MR) is 79.4 cm³/mol. The Morgan fingerprint density at radius 1 is 1.05 bits per heavy atom. The third-order valence-corrected chi connectivity index (χ3v) is 3.33.